The normalized spacial score (nSPS) is 16.0. The topological polar surface area (TPSA) is 49.4 Å². The third kappa shape index (κ3) is 4.12. The second kappa shape index (κ2) is 7.04. The number of sulfonamides is 1. The highest BCUT2D eigenvalue weighted by Gasteiger charge is 2.20. The maximum atomic E-state index is 14.5. The van der Waals surface area contributed by atoms with Crippen LogP contribution < -0.4 is 9.62 Å². The minimum Gasteiger partial charge on any atom is -0.369 e. The second-order valence-corrected chi connectivity index (χ2v) is 8.44. The van der Waals surface area contributed by atoms with Gasteiger partial charge in [-0.15, -0.1) is 0 Å². The molecule has 1 aliphatic rings. The Bertz CT molecular complexity index is 842. The molecule has 1 aliphatic heterocycles. The standard InChI is InChI=1S/C19H23FN2O2S/c1-14-3-6-17(7-4-14)25(23,24)21-16-5-8-19(18(20)13-16)22-11-9-15(2)10-12-22/h3-8,13,15,21H,9-12H2,1-2H3. The molecule has 134 valence electrons. The predicted molar refractivity (Wildman–Crippen MR) is 99.0 cm³/mol. The Morgan fingerprint density at radius 1 is 1.08 bits per heavy atom. The zero-order chi connectivity index (χ0) is 18.0. The fourth-order valence-corrected chi connectivity index (χ4v) is 4.06. The number of piperidine rings is 1. The molecule has 0 atom stereocenters. The van der Waals surface area contributed by atoms with E-state index in [1.807, 2.05) is 11.8 Å². The number of halogens is 1. The van der Waals surface area contributed by atoms with Crippen molar-refractivity contribution in [1.82, 2.24) is 0 Å². The molecule has 0 aromatic heterocycles. The van der Waals surface area contributed by atoms with Gasteiger partial charge in [0, 0.05) is 19.2 Å². The Morgan fingerprint density at radius 3 is 2.32 bits per heavy atom. The largest absolute Gasteiger partial charge is 0.369 e. The lowest BCUT2D eigenvalue weighted by Gasteiger charge is -2.32. The van der Waals surface area contributed by atoms with Crippen LogP contribution >= 0.6 is 0 Å². The van der Waals surface area contributed by atoms with Crippen molar-refractivity contribution < 1.29 is 12.8 Å². The molecule has 1 fully saturated rings. The van der Waals surface area contributed by atoms with Gasteiger partial charge in [0.05, 0.1) is 16.3 Å². The summed E-state index contributed by atoms with van der Waals surface area (Å²) in [7, 11) is -3.72. The third-order valence-electron chi connectivity index (χ3n) is 4.66. The van der Waals surface area contributed by atoms with Crippen molar-refractivity contribution in [2.24, 2.45) is 5.92 Å². The van der Waals surface area contributed by atoms with Crippen LogP contribution in [-0.2, 0) is 10.0 Å². The molecule has 0 saturated carbocycles. The summed E-state index contributed by atoms with van der Waals surface area (Å²) in [6.07, 6.45) is 2.09. The summed E-state index contributed by atoms with van der Waals surface area (Å²) in [5.41, 5.74) is 1.74. The summed E-state index contributed by atoms with van der Waals surface area (Å²) >= 11 is 0. The molecule has 0 unspecified atom stereocenters. The fourth-order valence-electron chi connectivity index (χ4n) is 3.01. The van der Waals surface area contributed by atoms with Gasteiger partial charge >= 0.3 is 0 Å². The summed E-state index contributed by atoms with van der Waals surface area (Å²) in [6.45, 7) is 5.75. The van der Waals surface area contributed by atoms with E-state index in [2.05, 4.69) is 11.6 Å². The first-order valence-corrected chi connectivity index (χ1v) is 9.97. The lowest BCUT2D eigenvalue weighted by molar-refractivity contribution is 0.434. The van der Waals surface area contributed by atoms with Gasteiger partial charge in [-0.3, -0.25) is 4.72 Å². The van der Waals surface area contributed by atoms with Gasteiger partial charge < -0.3 is 4.90 Å². The predicted octanol–water partition coefficient (Wildman–Crippen LogP) is 4.17. The van der Waals surface area contributed by atoms with E-state index in [4.69, 9.17) is 0 Å². The highest BCUT2D eigenvalue weighted by molar-refractivity contribution is 7.92. The van der Waals surface area contributed by atoms with Crippen LogP contribution in [0.4, 0.5) is 15.8 Å². The van der Waals surface area contributed by atoms with Gasteiger partial charge in [-0.05, 0) is 49.9 Å². The molecule has 6 heteroatoms. The fraction of sp³-hybridized carbons (Fsp3) is 0.368. The quantitative estimate of drug-likeness (QED) is 0.888. The number of nitrogens with one attached hydrogen (secondary N) is 1. The molecule has 2 aromatic carbocycles. The molecule has 0 aliphatic carbocycles. The van der Waals surface area contributed by atoms with Crippen LogP contribution in [0.5, 0.6) is 0 Å². The first-order valence-electron chi connectivity index (χ1n) is 8.49. The number of anilines is 2. The van der Waals surface area contributed by atoms with Gasteiger partial charge in [-0.2, -0.15) is 0 Å². The number of hydrogen-bond donors (Lipinski definition) is 1. The SMILES string of the molecule is Cc1ccc(S(=O)(=O)Nc2ccc(N3CCC(C)CC3)c(F)c2)cc1. The number of hydrogen-bond acceptors (Lipinski definition) is 3. The van der Waals surface area contributed by atoms with Gasteiger partial charge in [-0.1, -0.05) is 24.6 Å². The van der Waals surface area contributed by atoms with E-state index < -0.39 is 15.8 Å². The molecule has 0 bridgehead atoms. The Labute approximate surface area is 148 Å². The molecule has 1 N–H and O–H groups in total. The summed E-state index contributed by atoms with van der Waals surface area (Å²) in [4.78, 5) is 2.18. The highest BCUT2D eigenvalue weighted by atomic mass is 32.2. The van der Waals surface area contributed by atoms with Crippen LogP contribution in [0.3, 0.4) is 0 Å². The second-order valence-electron chi connectivity index (χ2n) is 6.75. The zero-order valence-corrected chi connectivity index (χ0v) is 15.3. The van der Waals surface area contributed by atoms with Crippen LogP contribution in [0.2, 0.25) is 0 Å². The smallest absolute Gasteiger partial charge is 0.261 e. The van der Waals surface area contributed by atoms with Gasteiger partial charge in [0.1, 0.15) is 5.82 Å². The Hall–Kier alpha value is -2.08. The van der Waals surface area contributed by atoms with Gasteiger partial charge in [-0.25, -0.2) is 12.8 Å². The molecule has 4 nitrogen and oxygen atoms in total. The van der Waals surface area contributed by atoms with E-state index in [1.165, 1.54) is 18.2 Å². The van der Waals surface area contributed by atoms with Gasteiger partial charge in [0.25, 0.3) is 10.0 Å². The van der Waals surface area contributed by atoms with E-state index in [-0.39, 0.29) is 10.6 Å². The minimum atomic E-state index is -3.72. The number of rotatable bonds is 4. The highest BCUT2D eigenvalue weighted by Crippen LogP contribution is 2.28. The molecule has 1 heterocycles. The Balaban J connectivity index is 1.77. The van der Waals surface area contributed by atoms with Crippen LogP contribution in [0, 0.1) is 18.7 Å². The van der Waals surface area contributed by atoms with E-state index in [9.17, 15) is 12.8 Å². The molecular formula is C19H23FN2O2S. The molecular weight excluding hydrogens is 339 g/mol. The van der Waals surface area contributed by atoms with Gasteiger partial charge in [0.15, 0.2) is 0 Å². The molecule has 0 spiro atoms. The zero-order valence-electron chi connectivity index (χ0n) is 14.5. The van der Waals surface area contributed by atoms with Gasteiger partial charge in [0.2, 0.25) is 0 Å². The van der Waals surface area contributed by atoms with E-state index in [0.717, 1.165) is 31.5 Å². The van der Waals surface area contributed by atoms with Crippen molar-refractivity contribution in [2.45, 2.75) is 31.6 Å². The monoisotopic (exact) mass is 362 g/mol. The first-order chi connectivity index (χ1) is 11.8. The maximum absolute atomic E-state index is 14.5. The van der Waals surface area contributed by atoms with E-state index in [0.29, 0.717) is 11.6 Å². The molecule has 3 rings (SSSR count). The summed E-state index contributed by atoms with van der Waals surface area (Å²) in [5, 5.41) is 0. The van der Waals surface area contributed by atoms with E-state index in [1.54, 1.807) is 24.3 Å². The number of nitrogens with zero attached hydrogens (tertiary/aromatic N) is 1. The molecule has 0 radical (unpaired) electrons. The Kier molecular flexibility index (Phi) is 4.99. The molecule has 2 aromatic rings. The van der Waals surface area contributed by atoms with Crippen LogP contribution in [0.1, 0.15) is 25.3 Å². The lowest BCUT2D eigenvalue weighted by atomic mass is 9.99. The summed E-state index contributed by atoms with van der Waals surface area (Å²) < 4.78 is 41.7. The number of benzene rings is 2. The van der Waals surface area contributed by atoms with Crippen molar-refractivity contribution in [3.05, 3.63) is 53.8 Å². The Morgan fingerprint density at radius 2 is 1.72 bits per heavy atom. The van der Waals surface area contributed by atoms with Crippen LogP contribution in [0.25, 0.3) is 0 Å². The first kappa shape index (κ1) is 17.7. The van der Waals surface area contributed by atoms with Crippen LogP contribution in [0.15, 0.2) is 47.4 Å². The maximum Gasteiger partial charge on any atom is 0.261 e. The van der Waals surface area contributed by atoms with Crippen molar-refractivity contribution >= 4 is 21.4 Å². The summed E-state index contributed by atoms with van der Waals surface area (Å²) in [5.74, 6) is 0.263. The minimum absolute atomic E-state index is 0.160. The van der Waals surface area contributed by atoms with Crippen molar-refractivity contribution in [1.29, 1.82) is 0 Å². The van der Waals surface area contributed by atoms with Crippen molar-refractivity contribution in [2.75, 3.05) is 22.7 Å². The average molecular weight is 362 g/mol. The molecule has 1 saturated heterocycles. The molecule has 25 heavy (non-hydrogen) atoms. The number of aryl methyl sites for hydroxylation is 1. The van der Waals surface area contributed by atoms with E-state index >= 15 is 0 Å². The molecule has 0 amide bonds. The van der Waals surface area contributed by atoms with Crippen LogP contribution in [-0.4, -0.2) is 21.5 Å². The average Bonchev–Trinajstić information content (AvgIpc) is 2.56. The van der Waals surface area contributed by atoms with Crippen molar-refractivity contribution in [3.8, 4) is 0 Å². The van der Waals surface area contributed by atoms with Crippen molar-refractivity contribution in [3.63, 3.8) is 0 Å². The third-order valence-corrected chi connectivity index (χ3v) is 6.05. The lowest BCUT2D eigenvalue weighted by Crippen LogP contribution is -2.33. The summed E-state index contributed by atoms with van der Waals surface area (Å²) in [6, 6.07) is 11.1.